The molecule has 0 saturated heterocycles. The summed E-state index contributed by atoms with van der Waals surface area (Å²) in [5.41, 5.74) is 6.89. The van der Waals surface area contributed by atoms with Gasteiger partial charge in [0, 0.05) is 28.4 Å². The van der Waals surface area contributed by atoms with Crippen molar-refractivity contribution >= 4 is 50.7 Å². The van der Waals surface area contributed by atoms with Crippen LogP contribution in [0.5, 0.6) is 5.75 Å². The zero-order valence-electron chi connectivity index (χ0n) is 21.6. The van der Waals surface area contributed by atoms with Crippen molar-refractivity contribution in [1.82, 2.24) is 0 Å². The van der Waals surface area contributed by atoms with E-state index < -0.39 is 0 Å². The van der Waals surface area contributed by atoms with Crippen molar-refractivity contribution in [3.05, 3.63) is 125 Å². The van der Waals surface area contributed by atoms with Crippen molar-refractivity contribution in [2.45, 2.75) is 13.5 Å². The molecule has 192 valence electrons. The first kappa shape index (κ1) is 24.8. The van der Waals surface area contributed by atoms with Gasteiger partial charge >= 0.3 is 0 Å². The van der Waals surface area contributed by atoms with Crippen LogP contribution in [-0.4, -0.2) is 12.9 Å². The van der Waals surface area contributed by atoms with Gasteiger partial charge in [-0.3, -0.25) is 4.79 Å². The number of para-hydroxylation sites is 2. The number of rotatable bonds is 7. The van der Waals surface area contributed by atoms with E-state index >= 15 is 0 Å². The van der Waals surface area contributed by atoms with Crippen LogP contribution in [0.3, 0.4) is 0 Å². The van der Waals surface area contributed by atoms with E-state index in [1.165, 1.54) is 0 Å². The molecular formula is C34H26ClNO3. The maximum atomic E-state index is 13.0. The summed E-state index contributed by atoms with van der Waals surface area (Å²) in [6.45, 7) is 2.15. The van der Waals surface area contributed by atoms with Crippen LogP contribution in [0.4, 0.5) is 11.4 Å². The van der Waals surface area contributed by atoms with Gasteiger partial charge in [-0.1, -0.05) is 72.3 Å². The zero-order valence-corrected chi connectivity index (χ0v) is 22.4. The zero-order chi connectivity index (χ0) is 26.9. The van der Waals surface area contributed by atoms with Crippen molar-refractivity contribution in [1.29, 1.82) is 0 Å². The summed E-state index contributed by atoms with van der Waals surface area (Å²) >= 11 is 6.77. The maximum absolute atomic E-state index is 13.0. The van der Waals surface area contributed by atoms with Crippen LogP contribution >= 0.6 is 11.6 Å². The molecule has 0 radical (unpaired) electrons. The number of hydrogen-bond acceptors (Lipinski definition) is 4. The molecule has 4 nitrogen and oxygen atoms in total. The fourth-order valence-electron chi connectivity index (χ4n) is 5.13. The van der Waals surface area contributed by atoms with Gasteiger partial charge < -0.3 is 14.1 Å². The predicted molar refractivity (Wildman–Crippen MR) is 159 cm³/mol. The first-order chi connectivity index (χ1) is 19.0. The van der Waals surface area contributed by atoms with Crippen LogP contribution in [-0.2, 0) is 6.54 Å². The molecule has 0 unspecified atom stereocenters. The fraction of sp³-hybridized carbons (Fsp3) is 0.0882. The van der Waals surface area contributed by atoms with Gasteiger partial charge in [0.25, 0.3) is 0 Å². The molecule has 6 aromatic rings. The van der Waals surface area contributed by atoms with Crippen molar-refractivity contribution in [3.63, 3.8) is 0 Å². The third-order valence-electron chi connectivity index (χ3n) is 7.02. The van der Waals surface area contributed by atoms with Crippen molar-refractivity contribution < 1.29 is 13.9 Å². The lowest BCUT2D eigenvalue weighted by Crippen LogP contribution is -2.18. The van der Waals surface area contributed by atoms with E-state index in [1.54, 1.807) is 14.0 Å². The predicted octanol–water partition coefficient (Wildman–Crippen LogP) is 9.46. The molecule has 0 fully saturated rings. The van der Waals surface area contributed by atoms with E-state index in [1.807, 2.05) is 97.1 Å². The van der Waals surface area contributed by atoms with Crippen LogP contribution in [0.15, 0.2) is 114 Å². The smallest absolute Gasteiger partial charge is 0.160 e. The Morgan fingerprint density at radius 3 is 2.28 bits per heavy atom. The van der Waals surface area contributed by atoms with E-state index in [-0.39, 0.29) is 5.78 Å². The Balaban J connectivity index is 1.58. The van der Waals surface area contributed by atoms with Crippen molar-refractivity contribution in [3.8, 4) is 16.9 Å². The topological polar surface area (TPSA) is 42.7 Å². The third kappa shape index (κ3) is 4.64. The molecule has 1 aromatic heterocycles. The van der Waals surface area contributed by atoms with Crippen LogP contribution in [0.2, 0.25) is 5.02 Å². The number of hydrogen-bond donors (Lipinski definition) is 0. The van der Waals surface area contributed by atoms with Crippen LogP contribution < -0.4 is 9.64 Å². The van der Waals surface area contributed by atoms with Gasteiger partial charge in [-0.05, 0) is 66.6 Å². The number of carbonyl (C=O) groups is 1. The minimum absolute atomic E-state index is 0.00689. The molecular weight excluding hydrogens is 506 g/mol. The molecule has 39 heavy (non-hydrogen) atoms. The summed E-state index contributed by atoms with van der Waals surface area (Å²) in [6.07, 6.45) is 0. The molecule has 6 rings (SSSR count). The highest BCUT2D eigenvalue weighted by molar-refractivity contribution is 6.33. The first-order valence-electron chi connectivity index (χ1n) is 12.7. The van der Waals surface area contributed by atoms with Crippen molar-refractivity contribution in [2.24, 2.45) is 0 Å². The molecule has 0 saturated carbocycles. The monoisotopic (exact) mass is 531 g/mol. The largest absolute Gasteiger partial charge is 0.497 e. The first-order valence-corrected chi connectivity index (χ1v) is 13.1. The lowest BCUT2D eigenvalue weighted by molar-refractivity contribution is 0.101. The van der Waals surface area contributed by atoms with Crippen LogP contribution in [0.1, 0.15) is 22.8 Å². The van der Waals surface area contributed by atoms with Gasteiger partial charge in [0.05, 0.1) is 23.5 Å². The van der Waals surface area contributed by atoms with E-state index in [9.17, 15) is 4.79 Å². The Kier molecular flexibility index (Phi) is 6.55. The SMILES string of the molecule is COc1ccc(CN(c2ccccc2Cl)c2cccc(C(C)=O)c2-c2ccc3oc4ccccc4c3c2)cc1. The van der Waals surface area contributed by atoms with Gasteiger partial charge in [-0.2, -0.15) is 0 Å². The van der Waals surface area contributed by atoms with Gasteiger partial charge in [-0.25, -0.2) is 0 Å². The molecule has 5 heteroatoms. The molecule has 0 aliphatic carbocycles. The summed E-state index contributed by atoms with van der Waals surface area (Å²) in [5.74, 6) is 0.788. The Morgan fingerprint density at radius 2 is 1.51 bits per heavy atom. The molecule has 0 aliphatic rings. The summed E-state index contributed by atoms with van der Waals surface area (Å²) < 4.78 is 11.4. The Bertz CT molecular complexity index is 1820. The number of methoxy groups -OCH3 is 1. The van der Waals surface area contributed by atoms with Gasteiger partial charge in [0.1, 0.15) is 16.9 Å². The second-order valence-corrected chi connectivity index (χ2v) is 9.86. The third-order valence-corrected chi connectivity index (χ3v) is 7.34. The highest BCUT2D eigenvalue weighted by Crippen LogP contribution is 2.43. The molecule has 0 amide bonds. The number of furan rings is 1. The average Bonchev–Trinajstić information content (AvgIpc) is 3.34. The second-order valence-electron chi connectivity index (χ2n) is 9.45. The number of benzene rings is 5. The van der Waals surface area contributed by atoms with Crippen LogP contribution in [0, 0.1) is 0 Å². The number of carbonyl (C=O) groups excluding carboxylic acids is 1. The summed E-state index contributed by atoms with van der Waals surface area (Å²) in [7, 11) is 1.66. The number of ketones is 1. The fourth-order valence-corrected chi connectivity index (χ4v) is 5.37. The number of anilines is 2. The van der Waals surface area contributed by atoms with E-state index in [0.717, 1.165) is 55.8 Å². The van der Waals surface area contributed by atoms with Crippen LogP contribution in [0.25, 0.3) is 33.1 Å². The Hall–Kier alpha value is -4.54. The molecule has 0 aliphatic heterocycles. The van der Waals surface area contributed by atoms with E-state index in [4.69, 9.17) is 20.8 Å². The minimum Gasteiger partial charge on any atom is -0.497 e. The highest BCUT2D eigenvalue weighted by atomic mass is 35.5. The number of nitrogens with zero attached hydrogens (tertiary/aromatic N) is 1. The Labute approximate surface area is 232 Å². The van der Waals surface area contributed by atoms with Gasteiger partial charge in [0.2, 0.25) is 0 Å². The normalized spacial score (nSPS) is 11.2. The molecule has 1 heterocycles. The number of fused-ring (bicyclic) bond motifs is 3. The molecule has 0 bridgehead atoms. The molecule has 0 atom stereocenters. The van der Waals surface area contributed by atoms with E-state index in [2.05, 4.69) is 17.0 Å². The second kappa shape index (κ2) is 10.3. The van der Waals surface area contributed by atoms with Crippen molar-refractivity contribution in [2.75, 3.05) is 12.0 Å². The quantitative estimate of drug-likeness (QED) is 0.192. The lowest BCUT2D eigenvalue weighted by atomic mass is 9.93. The van der Waals surface area contributed by atoms with E-state index in [0.29, 0.717) is 17.1 Å². The molecule has 0 spiro atoms. The standard InChI is InChI=1S/C34H26ClNO3/c1-22(37)26-9-7-12-31(34(26)24-16-19-33-28(20-24)27-8-3-6-13-32(27)39-33)36(30-11-5-4-10-29(30)35)21-23-14-17-25(38-2)18-15-23/h3-20H,21H2,1-2H3. The summed E-state index contributed by atoms with van der Waals surface area (Å²) in [6, 6.07) is 35.7. The summed E-state index contributed by atoms with van der Waals surface area (Å²) in [4.78, 5) is 15.2. The Morgan fingerprint density at radius 1 is 0.795 bits per heavy atom. The number of halogens is 1. The average molecular weight is 532 g/mol. The number of ether oxygens (including phenoxy) is 1. The maximum Gasteiger partial charge on any atom is 0.160 e. The lowest BCUT2D eigenvalue weighted by Gasteiger charge is -2.29. The minimum atomic E-state index is -0.00689. The molecule has 0 N–H and O–H groups in total. The van der Waals surface area contributed by atoms with Gasteiger partial charge in [-0.15, -0.1) is 0 Å². The summed E-state index contributed by atoms with van der Waals surface area (Å²) in [5, 5.41) is 2.67. The highest BCUT2D eigenvalue weighted by Gasteiger charge is 2.22. The van der Waals surface area contributed by atoms with Gasteiger partial charge in [0.15, 0.2) is 5.78 Å². The molecule has 5 aromatic carbocycles. The number of Topliss-reactive ketones (excluding diaryl/α,β-unsaturated/α-hetero) is 1.